The summed E-state index contributed by atoms with van der Waals surface area (Å²) in [5, 5.41) is 3.31. The molecule has 0 unspecified atom stereocenters. The van der Waals surface area contributed by atoms with E-state index in [1.165, 1.54) is 5.56 Å². The molecule has 20 heavy (non-hydrogen) atoms. The molecule has 0 aliphatic rings. The largest absolute Gasteiger partial charge is 0.299 e. The van der Waals surface area contributed by atoms with Gasteiger partial charge in [-0.05, 0) is 18.9 Å². The third-order valence-electron chi connectivity index (χ3n) is 3.49. The molecule has 1 aromatic heterocycles. The average Bonchev–Trinajstić information content (AvgIpc) is 2.69. The summed E-state index contributed by atoms with van der Waals surface area (Å²) < 4.78 is 1.73. The SMILES string of the molecule is CCCn1[nH]c(C(C)(C)C)c(-c2ccc(C)cc2)c1=O. The predicted octanol–water partition coefficient (Wildman–Crippen LogP) is 3.86. The van der Waals surface area contributed by atoms with E-state index < -0.39 is 0 Å². The minimum Gasteiger partial charge on any atom is -0.299 e. The summed E-state index contributed by atoms with van der Waals surface area (Å²) >= 11 is 0. The lowest BCUT2D eigenvalue weighted by Crippen LogP contribution is -2.17. The van der Waals surface area contributed by atoms with Gasteiger partial charge in [-0.15, -0.1) is 0 Å². The van der Waals surface area contributed by atoms with E-state index in [4.69, 9.17) is 0 Å². The van der Waals surface area contributed by atoms with Crippen LogP contribution < -0.4 is 5.56 Å². The Kier molecular flexibility index (Phi) is 3.89. The minimum atomic E-state index is -0.0849. The zero-order chi connectivity index (χ0) is 14.9. The van der Waals surface area contributed by atoms with Gasteiger partial charge in [0.1, 0.15) is 0 Å². The topological polar surface area (TPSA) is 37.8 Å². The molecule has 0 aliphatic heterocycles. The summed E-state index contributed by atoms with van der Waals surface area (Å²) in [7, 11) is 0. The molecule has 0 saturated heterocycles. The van der Waals surface area contributed by atoms with Crippen LogP contribution in [0.1, 0.15) is 45.4 Å². The van der Waals surface area contributed by atoms with Crippen LogP contribution in [-0.2, 0) is 12.0 Å². The van der Waals surface area contributed by atoms with Crippen molar-refractivity contribution in [3.05, 3.63) is 45.9 Å². The highest BCUT2D eigenvalue weighted by Gasteiger charge is 2.25. The van der Waals surface area contributed by atoms with Crippen LogP contribution in [0.3, 0.4) is 0 Å². The molecule has 0 fully saturated rings. The van der Waals surface area contributed by atoms with Crippen LogP contribution in [0, 0.1) is 6.92 Å². The van der Waals surface area contributed by atoms with E-state index in [0.717, 1.165) is 29.8 Å². The van der Waals surface area contributed by atoms with E-state index in [1.54, 1.807) is 4.68 Å². The first-order chi connectivity index (χ1) is 9.34. The van der Waals surface area contributed by atoms with Crippen LogP contribution in [-0.4, -0.2) is 9.78 Å². The quantitative estimate of drug-likeness (QED) is 0.905. The standard InChI is InChI=1S/C17H24N2O/c1-6-11-19-16(20)14(15(18-19)17(3,4)5)13-9-7-12(2)8-10-13/h7-10,18H,6,11H2,1-5H3. The lowest BCUT2D eigenvalue weighted by Gasteiger charge is -2.18. The molecule has 1 N–H and O–H groups in total. The summed E-state index contributed by atoms with van der Waals surface area (Å²) in [5.41, 5.74) is 4.02. The van der Waals surface area contributed by atoms with E-state index >= 15 is 0 Å². The summed E-state index contributed by atoms with van der Waals surface area (Å²) in [6, 6.07) is 8.17. The molecule has 1 heterocycles. The Bertz CT molecular complexity index is 639. The number of aryl methyl sites for hydroxylation is 2. The molecule has 0 spiro atoms. The third-order valence-corrected chi connectivity index (χ3v) is 3.49. The molecule has 3 nitrogen and oxygen atoms in total. The molecule has 108 valence electrons. The number of hydrogen-bond acceptors (Lipinski definition) is 1. The van der Waals surface area contributed by atoms with Crippen molar-refractivity contribution in [2.45, 2.75) is 53.0 Å². The van der Waals surface area contributed by atoms with Crippen molar-refractivity contribution >= 4 is 0 Å². The molecule has 0 saturated carbocycles. The smallest absolute Gasteiger partial charge is 0.274 e. The minimum absolute atomic E-state index is 0.0839. The van der Waals surface area contributed by atoms with Gasteiger partial charge in [0.05, 0.1) is 11.3 Å². The molecule has 0 aliphatic carbocycles. The lowest BCUT2D eigenvalue weighted by atomic mass is 9.87. The zero-order valence-electron chi connectivity index (χ0n) is 13.1. The van der Waals surface area contributed by atoms with Gasteiger partial charge in [-0.1, -0.05) is 57.5 Å². The summed E-state index contributed by atoms with van der Waals surface area (Å²) in [5.74, 6) is 0. The van der Waals surface area contributed by atoms with Gasteiger partial charge < -0.3 is 0 Å². The first-order valence-electron chi connectivity index (χ1n) is 7.25. The highest BCUT2D eigenvalue weighted by molar-refractivity contribution is 5.66. The van der Waals surface area contributed by atoms with Gasteiger partial charge in [0.25, 0.3) is 5.56 Å². The Labute approximate surface area is 120 Å². The van der Waals surface area contributed by atoms with Gasteiger partial charge in [-0.25, -0.2) is 0 Å². The van der Waals surface area contributed by atoms with Gasteiger partial charge in [-0.3, -0.25) is 14.6 Å². The maximum Gasteiger partial charge on any atom is 0.274 e. The number of nitrogens with zero attached hydrogens (tertiary/aromatic N) is 1. The number of aromatic amines is 1. The van der Waals surface area contributed by atoms with Crippen LogP contribution in [0.15, 0.2) is 29.1 Å². The van der Waals surface area contributed by atoms with E-state index in [9.17, 15) is 4.79 Å². The Morgan fingerprint density at radius 1 is 1.15 bits per heavy atom. The fourth-order valence-electron chi connectivity index (χ4n) is 2.40. The Balaban J connectivity index is 2.66. The van der Waals surface area contributed by atoms with Crippen LogP contribution in [0.2, 0.25) is 0 Å². The van der Waals surface area contributed by atoms with Crippen molar-refractivity contribution < 1.29 is 0 Å². The van der Waals surface area contributed by atoms with E-state index in [1.807, 2.05) is 12.1 Å². The lowest BCUT2D eigenvalue weighted by molar-refractivity contribution is 0.524. The fourth-order valence-corrected chi connectivity index (χ4v) is 2.40. The summed E-state index contributed by atoms with van der Waals surface area (Å²) in [6.45, 7) is 11.3. The maximum absolute atomic E-state index is 12.6. The molecule has 1 aromatic carbocycles. The Hall–Kier alpha value is -1.77. The molecule has 2 rings (SSSR count). The highest BCUT2D eigenvalue weighted by Crippen LogP contribution is 2.29. The first kappa shape index (κ1) is 14.6. The molecular formula is C17H24N2O. The molecule has 0 radical (unpaired) electrons. The first-order valence-corrected chi connectivity index (χ1v) is 7.25. The molecule has 0 atom stereocenters. The number of rotatable bonds is 3. The van der Waals surface area contributed by atoms with Crippen LogP contribution in [0.5, 0.6) is 0 Å². The number of benzene rings is 1. The molecular weight excluding hydrogens is 248 g/mol. The van der Waals surface area contributed by atoms with Gasteiger partial charge in [0.15, 0.2) is 0 Å². The highest BCUT2D eigenvalue weighted by atomic mass is 16.1. The number of H-pyrrole nitrogens is 1. The Morgan fingerprint density at radius 2 is 1.75 bits per heavy atom. The van der Waals surface area contributed by atoms with Crippen molar-refractivity contribution in [2.24, 2.45) is 0 Å². The Morgan fingerprint density at radius 3 is 2.25 bits per heavy atom. The van der Waals surface area contributed by atoms with Crippen LogP contribution in [0.25, 0.3) is 11.1 Å². The van der Waals surface area contributed by atoms with Crippen molar-refractivity contribution in [3.8, 4) is 11.1 Å². The van der Waals surface area contributed by atoms with Gasteiger partial charge in [0.2, 0.25) is 0 Å². The second-order valence-corrected chi connectivity index (χ2v) is 6.43. The summed E-state index contributed by atoms with van der Waals surface area (Å²) in [4.78, 5) is 12.6. The number of nitrogens with one attached hydrogen (secondary N) is 1. The van der Waals surface area contributed by atoms with Crippen molar-refractivity contribution in [2.75, 3.05) is 0 Å². The van der Waals surface area contributed by atoms with Crippen molar-refractivity contribution in [3.63, 3.8) is 0 Å². The van der Waals surface area contributed by atoms with E-state index in [2.05, 4.69) is 51.9 Å². The molecule has 3 heteroatoms. The number of hydrogen-bond donors (Lipinski definition) is 1. The molecule has 2 aromatic rings. The van der Waals surface area contributed by atoms with E-state index in [0.29, 0.717) is 0 Å². The van der Waals surface area contributed by atoms with Gasteiger partial charge in [0, 0.05) is 12.0 Å². The second kappa shape index (κ2) is 5.31. The van der Waals surface area contributed by atoms with Crippen LogP contribution in [0.4, 0.5) is 0 Å². The fraction of sp³-hybridized carbons (Fsp3) is 0.471. The van der Waals surface area contributed by atoms with E-state index in [-0.39, 0.29) is 11.0 Å². The van der Waals surface area contributed by atoms with Crippen molar-refractivity contribution in [1.29, 1.82) is 0 Å². The third kappa shape index (κ3) is 2.72. The van der Waals surface area contributed by atoms with Gasteiger partial charge >= 0.3 is 0 Å². The predicted molar refractivity (Wildman–Crippen MR) is 84.2 cm³/mol. The zero-order valence-corrected chi connectivity index (χ0v) is 13.1. The normalized spacial score (nSPS) is 11.8. The molecule has 0 amide bonds. The monoisotopic (exact) mass is 272 g/mol. The van der Waals surface area contributed by atoms with Gasteiger partial charge in [-0.2, -0.15) is 0 Å². The summed E-state index contributed by atoms with van der Waals surface area (Å²) in [6.07, 6.45) is 0.942. The second-order valence-electron chi connectivity index (χ2n) is 6.43. The molecule has 0 bridgehead atoms. The van der Waals surface area contributed by atoms with Crippen LogP contribution >= 0.6 is 0 Å². The maximum atomic E-state index is 12.6. The average molecular weight is 272 g/mol. The number of aromatic nitrogens is 2. The van der Waals surface area contributed by atoms with Crippen molar-refractivity contribution in [1.82, 2.24) is 9.78 Å².